The van der Waals surface area contributed by atoms with Crippen molar-refractivity contribution in [2.24, 2.45) is 17.8 Å². The number of nitrogens with zero attached hydrogens (tertiary/aromatic N) is 2. The highest BCUT2D eigenvalue weighted by Crippen LogP contribution is 2.59. The van der Waals surface area contributed by atoms with E-state index in [1.165, 1.54) is 4.90 Å². The van der Waals surface area contributed by atoms with Gasteiger partial charge in [-0.2, -0.15) is 0 Å². The summed E-state index contributed by atoms with van der Waals surface area (Å²) in [4.78, 5) is 59.4. The van der Waals surface area contributed by atoms with Crippen molar-refractivity contribution in [3.05, 3.63) is 61.2 Å². The Hall–Kier alpha value is -3.50. The lowest BCUT2D eigenvalue weighted by atomic mass is 9.70. The van der Waals surface area contributed by atoms with Crippen molar-refractivity contribution >= 4 is 23.7 Å². The molecule has 258 valence electrons. The number of hydrogen-bond acceptors (Lipinski definition) is 7. The Morgan fingerprint density at radius 2 is 1.85 bits per heavy atom. The Balaban J connectivity index is 1.72. The Bertz CT molecular complexity index is 1320. The predicted molar refractivity (Wildman–Crippen MR) is 179 cm³/mol. The van der Waals surface area contributed by atoms with Crippen molar-refractivity contribution in [1.82, 2.24) is 15.1 Å². The second-order valence-corrected chi connectivity index (χ2v) is 14.6. The number of carbonyl (C=O) groups is 4. The molecular formula is C37H53N3O7. The van der Waals surface area contributed by atoms with E-state index in [9.17, 15) is 24.3 Å². The average molecular weight is 652 g/mol. The molecule has 3 fully saturated rings. The molecule has 1 spiro atoms. The second kappa shape index (κ2) is 14.7. The topological polar surface area (TPSA) is 125 Å². The minimum Gasteiger partial charge on any atom is -0.455 e. The largest absolute Gasteiger partial charge is 0.455 e. The molecule has 1 aromatic carbocycles. The highest BCUT2D eigenvalue weighted by atomic mass is 16.6. The number of fused-ring (bicyclic) bond motifs is 1. The first-order valence-electron chi connectivity index (χ1n) is 16.9. The summed E-state index contributed by atoms with van der Waals surface area (Å²) in [5.41, 5.74) is -1.14. The number of allylic oxidation sites excluding steroid dienone is 1. The number of nitrogens with one attached hydrogen (secondary N) is 1. The lowest BCUT2D eigenvalue weighted by Gasteiger charge is -2.43. The van der Waals surface area contributed by atoms with Gasteiger partial charge in [-0.1, -0.05) is 56.3 Å². The maximum atomic E-state index is 14.6. The lowest BCUT2D eigenvalue weighted by Crippen LogP contribution is -2.61. The summed E-state index contributed by atoms with van der Waals surface area (Å²) in [5.74, 6) is -3.23. The Morgan fingerprint density at radius 3 is 2.43 bits per heavy atom. The summed E-state index contributed by atoms with van der Waals surface area (Å²) in [6.07, 6.45) is 4.05. The number of benzene rings is 1. The number of esters is 1. The van der Waals surface area contributed by atoms with Gasteiger partial charge in [0.05, 0.1) is 36.6 Å². The zero-order chi connectivity index (χ0) is 34.7. The van der Waals surface area contributed by atoms with E-state index in [2.05, 4.69) is 18.5 Å². The first kappa shape index (κ1) is 36.3. The molecule has 0 radical (unpaired) electrons. The van der Waals surface area contributed by atoms with Gasteiger partial charge in [-0.15, -0.1) is 13.2 Å². The van der Waals surface area contributed by atoms with Crippen LogP contribution in [0, 0.1) is 17.8 Å². The van der Waals surface area contributed by atoms with E-state index in [0.717, 1.165) is 0 Å². The smallest absolute Gasteiger partial charge is 0.313 e. The number of carbonyl (C=O) groups excluding carboxylic acids is 4. The molecule has 3 amide bonds. The molecule has 2 bridgehead atoms. The van der Waals surface area contributed by atoms with Gasteiger partial charge in [0.25, 0.3) is 0 Å². The normalized spacial score (nSPS) is 26.8. The molecule has 47 heavy (non-hydrogen) atoms. The maximum Gasteiger partial charge on any atom is 0.313 e. The van der Waals surface area contributed by atoms with Crippen LogP contribution < -0.4 is 5.32 Å². The lowest BCUT2D eigenvalue weighted by molar-refractivity contribution is -0.163. The van der Waals surface area contributed by atoms with E-state index >= 15 is 0 Å². The van der Waals surface area contributed by atoms with Gasteiger partial charge < -0.3 is 29.7 Å². The van der Waals surface area contributed by atoms with Crippen molar-refractivity contribution in [1.29, 1.82) is 0 Å². The molecular weight excluding hydrogens is 598 g/mol. The molecule has 2 N–H and O–H groups in total. The molecule has 3 aliphatic rings. The fourth-order valence-electron chi connectivity index (χ4n) is 7.76. The summed E-state index contributed by atoms with van der Waals surface area (Å²) >= 11 is 0. The van der Waals surface area contributed by atoms with Crippen molar-refractivity contribution < 1.29 is 33.8 Å². The fourth-order valence-corrected chi connectivity index (χ4v) is 7.76. The van der Waals surface area contributed by atoms with Crippen LogP contribution in [-0.2, 0) is 28.7 Å². The third-order valence-electron chi connectivity index (χ3n) is 9.77. The van der Waals surface area contributed by atoms with Gasteiger partial charge in [0.15, 0.2) is 0 Å². The molecule has 10 heteroatoms. The van der Waals surface area contributed by atoms with Crippen LogP contribution >= 0.6 is 0 Å². The standard InChI is InChI=1S/C37H53N3O7/c1-9-11-17-28(42)38-24(5)31(25-15-13-12-14-16-25)46-35(45)29-27-18-19-37(47-27)30(29)33(43)40(26(22-41)21-23(3)4)32(37)34(44)39(20-10-2)36(6,7)8/h9-10,12-16,23-24,26-27,29-32,41H,1-2,11,17-22H2,3-8H3,(H,38,42)/t24-,26+,27-,29+,30+,31-,32-,37+/m0/s1. The molecule has 10 nitrogen and oxygen atoms in total. The van der Waals surface area contributed by atoms with Crippen LogP contribution in [0.15, 0.2) is 55.6 Å². The maximum absolute atomic E-state index is 14.6. The minimum atomic E-state index is -1.25. The molecule has 8 atom stereocenters. The quantitative estimate of drug-likeness (QED) is 0.214. The van der Waals surface area contributed by atoms with Crippen molar-refractivity contribution in [2.45, 2.75) is 115 Å². The summed E-state index contributed by atoms with van der Waals surface area (Å²) in [5, 5.41) is 13.5. The number of ether oxygens (including phenoxy) is 2. The first-order chi connectivity index (χ1) is 22.2. The number of aliphatic hydroxyl groups is 1. The van der Waals surface area contributed by atoms with Crippen molar-refractivity contribution in [3.63, 3.8) is 0 Å². The van der Waals surface area contributed by atoms with Gasteiger partial charge in [0.2, 0.25) is 17.7 Å². The number of hydrogen-bond donors (Lipinski definition) is 2. The molecule has 3 heterocycles. The van der Waals surface area contributed by atoms with Gasteiger partial charge in [0, 0.05) is 18.5 Å². The van der Waals surface area contributed by atoms with E-state index in [0.29, 0.717) is 31.2 Å². The van der Waals surface area contributed by atoms with Crippen molar-refractivity contribution in [3.8, 4) is 0 Å². The third-order valence-corrected chi connectivity index (χ3v) is 9.77. The number of rotatable bonds is 15. The third kappa shape index (κ3) is 7.18. The van der Waals surface area contributed by atoms with Crippen LogP contribution in [0.25, 0.3) is 0 Å². The Morgan fingerprint density at radius 1 is 1.17 bits per heavy atom. The summed E-state index contributed by atoms with van der Waals surface area (Å²) in [6.45, 7) is 19.0. The van der Waals surface area contributed by atoms with Gasteiger partial charge in [-0.25, -0.2) is 0 Å². The first-order valence-corrected chi connectivity index (χ1v) is 16.9. The number of amides is 3. The van der Waals surface area contributed by atoms with Gasteiger partial charge in [-0.3, -0.25) is 19.2 Å². The van der Waals surface area contributed by atoms with E-state index in [-0.39, 0.29) is 43.2 Å². The van der Waals surface area contributed by atoms with Crippen LogP contribution in [0.4, 0.5) is 0 Å². The van der Waals surface area contributed by atoms with Gasteiger partial charge in [-0.05, 0) is 64.9 Å². The van der Waals surface area contributed by atoms with Crippen LogP contribution in [-0.4, -0.2) is 87.1 Å². The van der Waals surface area contributed by atoms with E-state index in [1.807, 2.05) is 65.0 Å². The number of aliphatic hydroxyl groups excluding tert-OH is 1. The monoisotopic (exact) mass is 651 g/mol. The second-order valence-electron chi connectivity index (χ2n) is 14.6. The molecule has 1 aromatic rings. The van der Waals surface area contributed by atoms with Gasteiger partial charge >= 0.3 is 5.97 Å². The molecule has 0 unspecified atom stereocenters. The predicted octanol–water partition coefficient (Wildman–Crippen LogP) is 4.34. The molecule has 3 aliphatic heterocycles. The fraction of sp³-hybridized carbons (Fsp3) is 0.622. The Kier molecular flexibility index (Phi) is 11.4. The molecule has 3 saturated heterocycles. The van der Waals surface area contributed by atoms with E-state index < -0.39 is 59.3 Å². The van der Waals surface area contributed by atoms with Crippen molar-refractivity contribution in [2.75, 3.05) is 13.2 Å². The Labute approximate surface area is 279 Å². The summed E-state index contributed by atoms with van der Waals surface area (Å²) < 4.78 is 12.9. The average Bonchev–Trinajstić information content (AvgIpc) is 3.66. The van der Waals surface area contributed by atoms with Crippen LogP contribution in [0.5, 0.6) is 0 Å². The summed E-state index contributed by atoms with van der Waals surface area (Å²) in [7, 11) is 0. The molecule has 4 rings (SSSR count). The van der Waals surface area contributed by atoms with E-state index in [1.54, 1.807) is 24.0 Å². The highest BCUT2D eigenvalue weighted by Gasteiger charge is 2.76. The number of likely N-dealkylation sites (tertiary alicyclic amines) is 1. The molecule has 0 aliphatic carbocycles. The van der Waals surface area contributed by atoms with Crippen LogP contribution in [0.1, 0.15) is 85.3 Å². The van der Waals surface area contributed by atoms with Crippen LogP contribution in [0.2, 0.25) is 0 Å². The SMILES string of the molecule is C=CCCC(=O)N[C@@H](C)[C@H](OC(=O)[C@@H]1[C@@H]2CC[C@]3(O2)[C@H](C(=O)N(CC=C)C(C)(C)C)N([C@@H](CO)CC(C)C)C(=O)[C@@H]13)c1ccccc1. The van der Waals surface area contributed by atoms with E-state index in [4.69, 9.17) is 9.47 Å². The molecule has 0 aromatic heterocycles. The minimum absolute atomic E-state index is 0.133. The molecule has 0 saturated carbocycles. The zero-order valence-electron chi connectivity index (χ0n) is 28.8. The zero-order valence-corrected chi connectivity index (χ0v) is 28.8. The highest BCUT2D eigenvalue weighted by molar-refractivity contribution is 5.98. The summed E-state index contributed by atoms with van der Waals surface area (Å²) in [6, 6.07) is 6.96. The van der Waals surface area contributed by atoms with Gasteiger partial charge in [0.1, 0.15) is 17.7 Å². The van der Waals surface area contributed by atoms with Crippen LogP contribution in [0.3, 0.4) is 0 Å².